The maximum Gasteiger partial charge on any atom is 0.0830 e. The van der Waals surface area contributed by atoms with Crippen molar-refractivity contribution in [1.29, 1.82) is 0 Å². The normalized spacial score (nSPS) is 23.3. The Hall–Kier alpha value is -1.11. The van der Waals surface area contributed by atoms with E-state index in [-0.39, 0.29) is 0 Å². The average molecular weight is 274 g/mol. The lowest BCUT2D eigenvalue weighted by Crippen LogP contribution is -2.14. The number of hydrogen-bond donors (Lipinski definition) is 0. The van der Waals surface area contributed by atoms with Crippen molar-refractivity contribution in [2.24, 2.45) is 11.8 Å². The van der Waals surface area contributed by atoms with Gasteiger partial charge >= 0.3 is 0 Å². The third-order valence-electron chi connectivity index (χ3n) is 4.85. The first kappa shape index (κ1) is 15.3. The molecule has 0 radical (unpaired) electrons. The maximum absolute atomic E-state index is 12.0. The summed E-state index contributed by atoms with van der Waals surface area (Å²) in [6.45, 7) is 2.32. The van der Waals surface area contributed by atoms with Crippen molar-refractivity contribution >= 4 is 0 Å². The van der Waals surface area contributed by atoms with Gasteiger partial charge in [0.05, 0.1) is 6.33 Å². The van der Waals surface area contributed by atoms with Gasteiger partial charge in [-0.25, -0.2) is 4.39 Å². The van der Waals surface area contributed by atoms with Crippen molar-refractivity contribution in [2.45, 2.75) is 58.3 Å². The van der Waals surface area contributed by atoms with Crippen LogP contribution in [0.3, 0.4) is 0 Å². The topological polar surface area (TPSA) is 0 Å². The van der Waals surface area contributed by atoms with Crippen LogP contribution >= 0.6 is 0 Å². The SMILES string of the molecule is CC[C@H]1CC[C@H](CCc2ccc(CC=CF)cc2)CC1. The van der Waals surface area contributed by atoms with E-state index in [0.29, 0.717) is 12.8 Å². The van der Waals surface area contributed by atoms with Gasteiger partial charge in [-0.1, -0.05) is 69.4 Å². The molecule has 1 saturated carbocycles. The summed E-state index contributed by atoms with van der Waals surface area (Å²) in [5, 5.41) is 0. The lowest BCUT2D eigenvalue weighted by Gasteiger charge is -2.27. The Balaban J connectivity index is 1.74. The largest absolute Gasteiger partial charge is 0.216 e. The number of rotatable bonds is 6. The molecule has 0 aliphatic heterocycles. The molecule has 1 fully saturated rings. The van der Waals surface area contributed by atoms with Crippen molar-refractivity contribution in [3.8, 4) is 0 Å². The Kier molecular flexibility index (Phi) is 6.29. The summed E-state index contributed by atoms with van der Waals surface area (Å²) in [6.07, 6.45) is 12.5. The molecule has 0 saturated heterocycles. The minimum Gasteiger partial charge on any atom is -0.216 e. The van der Waals surface area contributed by atoms with E-state index in [1.54, 1.807) is 6.08 Å². The number of benzene rings is 1. The molecule has 0 atom stereocenters. The first-order valence-corrected chi connectivity index (χ1v) is 8.14. The van der Waals surface area contributed by atoms with E-state index in [0.717, 1.165) is 11.8 Å². The molecule has 0 heterocycles. The van der Waals surface area contributed by atoms with Gasteiger partial charge in [-0.3, -0.25) is 0 Å². The van der Waals surface area contributed by atoms with E-state index in [4.69, 9.17) is 0 Å². The van der Waals surface area contributed by atoms with Gasteiger partial charge in [0.1, 0.15) is 0 Å². The standard InChI is InChI=1S/C19H27F/c1-2-16-5-7-18(8-6-16)13-14-19-11-9-17(10-12-19)4-3-15-20/h3,9-12,15-16,18H,2,4-8,13-14H2,1H3/t16-,18-. The second-order valence-corrected chi connectivity index (χ2v) is 6.22. The Bertz CT molecular complexity index is 396. The van der Waals surface area contributed by atoms with Crippen LogP contribution in [0.2, 0.25) is 0 Å². The number of aryl methyl sites for hydroxylation is 1. The minimum absolute atomic E-state index is 0.626. The highest BCUT2D eigenvalue weighted by Gasteiger charge is 2.19. The van der Waals surface area contributed by atoms with E-state index in [2.05, 4.69) is 31.2 Å². The van der Waals surface area contributed by atoms with E-state index in [1.165, 1.54) is 56.1 Å². The fourth-order valence-corrected chi connectivity index (χ4v) is 3.32. The number of hydrogen-bond acceptors (Lipinski definition) is 0. The van der Waals surface area contributed by atoms with Gasteiger partial charge in [0.25, 0.3) is 0 Å². The minimum atomic E-state index is 0.626. The van der Waals surface area contributed by atoms with Crippen LogP contribution in [0.1, 0.15) is 56.6 Å². The van der Waals surface area contributed by atoms with Gasteiger partial charge in [-0.05, 0) is 42.2 Å². The first-order valence-electron chi connectivity index (χ1n) is 8.14. The fraction of sp³-hybridized carbons (Fsp3) is 0.579. The zero-order valence-corrected chi connectivity index (χ0v) is 12.7. The van der Waals surface area contributed by atoms with Crippen molar-refractivity contribution in [2.75, 3.05) is 0 Å². The Morgan fingerprint density at radius 1 is 1.00 bits per heavy atom. The van der Waals surface area contributed by atoms with E-state index in [1.807, 2.05) is 0 Å². The molecule has 20 heavy (non-hydrogen) atoms. The zero-order valence-electron chi connectivity index (χ0n) is 12.7. The first-order chi connectivity index (χ1) is 9.81. The molecule has 2 rings (SSSR count). The van der Waals surface area contributed by atoms with Crippen LogP contribution in [-0.2, 0) is 12.8 Å². The second-order valence-electron chi connectivity index (χ2n) is 6.22. The van der Waals surface area contributed by atoms with Crippen LogP contribution in [0.25, 0.3) is 0 Å². The van der Waals surface area contributed by atoms with Gasteiger partial charge in [0.15, 0.2) is 0 Å². The predicted molar refractivity (Wildman–Crippen MR) is 84.5 cm³/mol. The van der Waals surface area contributed by atoms with Crippen molar-refractivity contribution in [3.63, 3.8) is 0 Å². The monoisotopic (exact) mass is 274 g/mol. The van der Waals surface area contributed by atoms with Crippen LogP contribution in [0, 0.1) is 11.8 Å². The quantitative estimate of drug-likeness (QED) is 0.609. The molecular weight excluding hydrogens is 247 g/mol. The molecule has 0 N–H and O–H groups in total. The van der Waals surface area contributed by atoms with E-state index in [9.17, 15) is 4.39 Å². The summed E-state index contributed by atoms with van der Waals surface area (Å²) < 4.78 is 12.0. The molecule has 110 valence electrons. The molecule has 1 aliphatic carbocycles. The summed E-state index contributed by atoms with van der Waals surface area (Å²) in [4.78, 5) is 0. The van der Waals surface area contributed by atoms with Gasteiger partial charge < -0.3 is 0 Å². The highest BCUT2D eigenvalue weighted by molar-refractivity contribution is 5.24. The summed E-state index contributed by atoms with van der Waals surface area (Å²) in [5.74, 6) is 1.93. The molecule has 1 aliphatic rings. The molecular formula is C19H27F. The summed E-state index contributed by atoms with van der Waals surface area (Å²) in [7, 11) is 0. The Labute approximate surface area is 123 Å². The van der Waals surface area contributed by atoms with Crippen LogP contribution in [-0.4, -0.2) is 0 Å². The third kappa shape index (κ3) is 4.77. The maximum atomic E-state index is 12.0. The van der Waals surface area contributed by atoms with Crippen molar-refractivity contribution < 1.29 is 4.39 Å². The Morgan fingerprint density at radius 2 is 1.60 bits per heavy atom. The van der Waals surface area contributed by atoms with Crippen LogP contribution < -0.4 is 0 Å². The average Bonchev–Trinajstić information content (AvgIpc) is 2.52. The van der Waals surface area contributed by atoms with Crippen LogP contribution in [0.4, 0.5) is 4.39 Å². The molecule has 0 spiro atoms. The van der Waals surface area contributed by atoms with Crippen molar-refractivity contribution in [3.05, 3.63) is 47.8 Å². The zero-order chi connectivity index (χ0) is 14.2. The third-order valence-corrected chi connectivity index (χ3v) is 4.85. The molecule has 1 aromatic carbocycles. The highest BCUT2D eigenvalue weighted by Crippen LogP contribution is 2.33. The van der Waals surface area contributed by atoms with E-state index < -0.39 is 0 Å². The van der Waals surface area contributed by atoms with E-state index >= 15 is 0 Å². The second kappa shape index (κ2) is 8.24. The smallest absolute Gasteiger partial charge is 0.0830 e. The molecule has 0 nitrogen and oxygen atoms in total. The summed E-state index contributed by atoms with van der Waals surface area (Å²) in [6, 6.07) is 8.67. The summed E-state index contributed by atoms with van der Waals surface area (Å²) >= 11 is 0. The summed E-state index contributed by atoms with van der Waals surface area (Å²) in [5.41, 5.74) is 2.61. The fourth-order valence-electron chi connectivity index (χ4n) is 3.32. The Morgan fingerprint density at radius 3 is 2.20 bits per heavy atom. The van der Waals surface area contributed by atoms with Crippen LogP contribution in [0.5, 0.6) is 0 Å². The number of allylic oxidation sites excluding steroid dienone is 1. The molecule has 0 bridgehead atoms. The molecule has 0 unspecified atom stereocenters. The molecule has 0 amide bonds. The van der Waals surface area contributed by atoms with Gasteiger partial charge in [-0.2, -0.15) is 0 Å². The highest BCUT2D eigenvalue weighted by atomic mass is 19.1. The predicted octanol–water partition coefficient (Wildman–Crippen LogP) is 5.86. The number of halogens is 1. The van der Waals surface area contributed by atoms with Crippen LogP contribution in [0.15, 0.2) is 36.7 Å². The van der Waals surface area contributed by atoms with Gasteiger partial charge in [0.2, 0.25) is 0 Å². The molecule has 0 aromatic heterocycles. The molecule has 1 heteroatoms. The van der Waals surface area contributed by atoms with Gasteiger partial charge in [-0.15, -0.1) is 0 Å². The lowest BCUT2D eigenvalue weighted by molar-refractivity contribution is 0.259. The van der Waals surface area contributed by atoms with Crippen molar-refractivity contribution in [1.82, 2.24) is 0 Å². The lowest BCUT2D eigenvalue weighted by atomic mass is 9.78. The molecule has 1 aromatic rings. The van der Waals surface area contributed by atoms with Gasteiger partial charge in [0, 0.05) is 0 Å².